The van der Waals surface area contributed by atoms with Gasteiger partial charge in [-0.1, -0.05) is 60.7 Å². The van der Waals surface area contributed by atoms with Crippen LogP contribution in [0.5, 0.6) is 0 Å². The Hall–Kier alpha value is -2.88. The van der Waals surface area contributed by atoms with E-state index in [-0.39, 0.29) is 13.0 Å². The van der Waals surface area contributed by atoms with Gasteiger partial charge in [0.05, 0.1) is 0 Å². The Bertz CT molecular complexity index is 864. The van der Waals surface area contributed by atoms with Gasteiger partial charge in [0.1, 0.15) is 12.6 Å². The van der Waals surface area contributed by atoms with E-state index in [4.69, 9.17) is 15.2 Å². The SMILES string of the molecule is CN(C)CCSC(NC(=O)OCc1ccccc1)C(=O)OC(=O)[C@@H](N)Cc1ccccc1. The Morgan fingerprint density at radius 1 is 0.969 bits per heavy atom. The van der Waals surface area contributed by atoms with Crippen molar-refractivity contribution in [3.63, 3.8) is 0 Å². The summed E-state index contributed by atoms with van der Waals surface area (Å²) < 4.78 is 10.1. The highest BCUT2D eigenvalue weighted by Gasteiger charge is 2.28. The van der Waals surface area contributed by atoms with Crippen LogP contribution in [-0.2, 0) is 32.1 Å². The van der Waals surface area contributed by atoms with E-state index in [1.54, 1.807) is 0 Å². The summed E-state index contributed by atoms with van der Waals surface area (Å²) in [6.07, 6.45) is -0.549. The summed E-state index contributed by atoms with van der Waals surface area (Å²) in [4.78, 5) is 39.1. The van der Waals surface area contributed by atoms with Crippen molar-refractivity contribution in [2.45, 2.75) is 24.4 Å². The molecule has 3 N–H and O–H groups in total. The molecular weight excluding hydrogens is 430 g/mol. The van der Waals surface area contributed by atoms with E-state index in [2.05, 4.69) is 5.32 Å². The number of amides is 1. The number of rotatable bonds is 11. The zero-order valence-electron chi connectivity index (χ0n) is 18.2. The zero-order valence-corrected chi connectivity index (χ0v) is 19.0. The number of alkyl carbamates (subject to hydrolysis) is 1. The van der Waals surface area contributed by atoms with Crippen LogP contribution in [0, 0.1) is 0 Å². The third-order valence-corrected chi connectivity index (χ3v) is 5.36. The third-order valence-electron chi connectivity index (χ3n) is 4.30. The Morgan fingerprint density at radius 2 is 1.56 bits per heavy atom. The molecule has 0 saturated heterocycles. The first-order valence-electron chi connectivity index (χ1n) is 10.1. The predicted molar refractivity (Wildman–Crippen MR) is 124 cm³/mol. The first-order valence-corrected chi connectivity index (χ1v) is 11.2. The number of esters is 2. The number of nitrogens with one attached hydrogen (secondary N) is 1. The van der Waals surface area contributed by atoms with Crippen LogP contribution in [0.3, 0.4) is 0 Å². The summed E-state index contributed by atoms with van der Waals surface area (Å²) in [5, 5.41) is 1.37. The van der Waals surface area contributed by atoms with Crippen LogP contribution in [0.25, 0.3) is 0 Å². The van der Waals surface area contributed by atoms with Gasteiger partial charge in [0.25, 0.3) is 0 Å². The second-order valence-corrected chi connectivity index (χ2v) is 8.51. The Balaban J connectivity index is 1.92. The van der Waals surface area contributed by atoms with Crippen molar-refractivity contribution in [1.29, 1.82) is 0 Å². The Morgan fingerprint density at radius 3 is 2.16 bits per heavy atom. The monoisotopic (exact) mass is 459 g/mol. The molecule has 0 fully saturated rings. The molecule has 32 heavy (non-hydrogen) atoms. The van der Waals surface area contributed by atoms with Crippen molar-refractivity contribution in [3.8, 4) is 0 Å². The summed E-state index contributed by atoms with van der Waals surface area (Å²) in [7, 11) is 3.78. The molecule has 2 aromatic rings. The zero-order chi connectivity index (χ0) is 23.3. The van der Waals surface area contributed by atoms with Gasteiger partial charge < -0.3 is 20.1 Å². The van der Waals surface area contributed by atoms with Crippen LogP contribution in [0.4, 0.5) is 4.79 Å². The maximum absolute atomic E-state index is 12.6. The number of ether oxygens (including phenoxy) is 2. The van der Waals surface area contributed by atoms with Crippen molar-refractivity contribution < 1.29 is 23.9 Å². The van der Waals surface area contributed by atoms with E-state index in [1.807, 2.05) is 79.7 Å². The minimum absolute atomic E-state index is 0.0533. The lowest BCUT2D eigenvalue weighted by atomic mass is 10.1. The van der Waals surface area contributed by atoms with Gasteiger partial charge >= 0.3 is 18.0 Å². The van der Waals surface area contributed by atoms with Crippen LogP contribution in [-0.4, -0.2) is 60.7 Å². The van der Waals surface area contributed by atoms with E-state index < -0.39 is 29.4 Å². The van der Waals surface area contributed by atoms with Gasteiger partial charge in [0.2, 0.25) is 0 Å². The fourth-order valence-electron chi connectivity index (χ4n) is 2.57. The van der Waals surface area contributed by atoms with Crippen molar-refractivity contribution in [2.24, 2.45) is 5.73 Å². The predicted octanol–water partition coefficient (Wildman–Crippen LogP) is 2.17. The lowest BCUT2D eigenvalue weighted by Gasteiger charge is -2.19. The number of nitrogens with zero attached hydrogens (tertiary/aromatic N) is 1. The van der Waals surface area contributed by atoms with Gasteiger partial charge in [-0.15, -0.1) is 11.8 Å². The molecule has 0 heterocycles. The van der Waals surface area contributed by atoms with E-state index in [1.165, 1.54) is 0 Å². The Labute approximate surface area is 192 Å². The highest BCUT2D eigenvalue weighted by Crippen LogP contribution is 2.12. The standard InChI is InChI=1S/C23H29N3O5S/c1-26(2)13-14-32-20(25-23(29)30-16-18-11-7-4-8-12-18)22(28)31-21(27)19(24)15-17-9-5-3-6-10-17/h3-12,19-20H,13-16,24H2,1-2H3,(H,25,29)/t19-,20?/m0/s1. The van der Waals surface area contributed by atoms with Gasteiger partial charge in [-0.3, -0.25) is 5.32 Å². The highest BCUT2D eigenvalue weighted by molar-refractivity contribution is 8.00. The summed E-state index contributed by atoms with van der Waals surface area (Å²) in [5.74, 6) is -1.22. The normalized spacial score (nSPS) is 12.6. The molecule has 0 saturated carbocycles. The van der Waals surface area contributed by atoms with Gasteiger partial charge in [-0.2, -0.15) is 0 Å². The molecule has 2 rings (SSSR count). The average Bonchev–Trinajstić information content (AvgIpc) is 2.78. The van der Waals surface area contributed by atoms with E-state index >= 15 is 0 Å². The van der Waals surface area contributed by atoms with Crippen LogP contribution in [0.2, 0.25) is 0 Å². The maximum atomic E-state index is 12.6. The van der Waals surface area contributed by atoms with Crippen LogP contribution < -0.4 is 11.1 Å². The molecule has 2 atom stereocenters. The van der Waals surface area contributed by atoms with Crippen molar-refractivity contribution in [2.75, 3.05) is 26.4 Å². The van der Waals surface area contributed by atoms with E-state index in [9.17, 15) is 14.4 Å². The van der Waals surface area contributed by atoms with Crippen molar-refractivity contribution >= 4 is 29.8 Å². The summed E-state index contributed by atoms with van der Waals surface area (Å²) in [6.45, 7) is 0.717. The van der Waals surface area contributed by atoms with Crippen LogP contribution in [0.1, 0.15) is 11.1 Å². The smallest absolute Gasteiger partial charge is 0.408 e. The molecule has 0 aliphatic carbocycles. The number of nitrogens with two attached hydrogens (primary N) is 1. The lowest BCUT2D eigenvalue weighted by molar-refractivity contribution is -0.160. The molecule has 8 nitrogen and oxygen atoms in total. The number of hydrogen-bond acceptors (Lipinski definition) is 8. The van der Waals surface area contributed by atoms with Gasteiger partial charge in [-0.25, -0.2) is 14.4 Å². The molecule has 0 aromatic heterocycles. The van der Waals surface area contributed by atoms with Gasteiger partial charge in [-0.05, 0) is 31.6 Å². The lowest BCUT2D eigenvalue weighted by Crippen LogP contribution is -2.44. The first-order chi connectivity index (χ1) is 15.3. The molecule has 0 spiro atoms. The molecule has 0 aliphatic rings. The molecule has 2 aromatic carbocycles. The van der Waals surface area contributed by atoms with E-state index in [0.717, 1.165) is 22.9 Å². The van der Waals surface area contributed by atoms with E-state index in [0.29, 0.717) is 12.3 Å². The van der Waals surface area contributed by atoms with Crippen LogP contribution >= 0.6 is 11.8 Å². The molecule has 1 unspecified atom stereocenters. The molecule has 0 aliphatic heterocycles. The maximum Gasteiger partial charge on any atom is 0.408 e. The minimum atomic E-state index is -1.11. The second kappa shape index (κ2) is 13.5. The highest BCUT2D eigenvalue weighted by atomic mass is 32.2. The van der Waals surface area contributed by atoms with Crippen LogP contribution in [0.15, 0.2) is 60.7 Å². The third kappa shape index (κ3) is 9.51. The molecule has 0 radical (unpaired) electrons. The molecule has 0 bridgehead atoms. The first kappa shape index (κ1) is 25.4. The van der Waals surface area contributed by atoms with Crippen molar-refractivity contribution in [1.82, 2.24) is 10.2 Å². The minimum Gasteiger partial charge on any atom is -0.445 e. The molecule has 172 valence electrons. The molecular formula is C23H29N3O5S. The Kier molecular flexibility index (Phi) is 10.7. The number of carbonyl (C=O) groups is 3. The van der Waals surface area contributed by atoms with Crippen molar-refractivity contribution in [3.05, 3.63) is 71.8 Å². The number of thioether (sulfide) groups is 1. The topological polar surface area (TPSA) is 111 Å². The number of carbonyl (C=O) groups excluding carboxylic acids is 3. The fraction of sp³-hybridized carbons (Fsp3) is 0.348. The quantitative estimate of drug-likeness (QED) is 0.299. The summed E-state index contributed by atoms with van der Waals surface area (Å²) in [5.41, 5.74) is 7.56. The van der Waals surface area contributed by atoms with Gasteiger partial charge in [0.15, 0.2) is 5.37 Å². The molecule has 1 amide bonds. The number of hydrogen-bond donors (Lipinski definition) is 2. The number of benzene rings is 2. The summed E-state index contributed by atoms with van der Waals surface area (Å²) >= 11 is 1.14. The molecule has 9 heteroatoms. The largest absolute Gasteiger partial charge is 0.445 e. The summed E-state index contributed by atoms with van der Waals surface area (Å²) in [6, 6.07) is 17.3. The average molecular weight is 460 g/mol. The van der Waals surface area contributed by atoms with Gasteiger partial charge in [0, 0.05) is 12.3 Å². The second-order valence-electron chi connectivity index (χ2n) is 7.30. The fourth-order valence-corrected chi connectivity index (χ4v) is 3.64.